The topological polar surface area (TPSA) is 76.9 Å². The van der Waals surface area contributed by atoms with Crippen molar-refractivity contribution in [2.24, 2.45) is 5.92 Å². The van der Waals surface area contributed by atoms with Crippen molar-refractivity contribution in [1.82, 2.24) is 19.5 Å². The van der Waals surface area contributed by atoms with Gasteiger partial charge >= 0.3 is 0 Å². The van der Waals surface area contributed by atoms with E-state index in [4.69, 9.17) is 0 Å². The van der Waals surface area contributed by atoms with Gasteiger partial charge in [-0.15, -0.1) is 10.2 Å². The van der Waals surface area contributed by atoms with Gasteiger partial charge in [-0.05, 0) is 17.9 Å². The van der Waals surface area contributed by atoms with E-state index in [9.17, 15) is 8.42 Å². The molecule has 0 bridgehead atoms. The first-order chi connectivity index (χ1) is 10.5. The fraction of sp³-hybridized carbons (Fsp3) is 0.467. The monoisotopic (exact) mass is 322 g/mol. The molecule has 1 aromatic heterocycles. The first-order valence-electron chi connectivity index (χ1n) is 7.34. The molecule has 6 nitrogen and oxygen atoms in total. The summed E-state index contributed by atoms with van der Waals surface area (Å²) in [6.45, 7) is 4.64. The van der Waals surface area contributed by atoms with Crippen LogP contribution in [0.25, 0.3) is 0 Å². The second-order valence-electron chi connectivity index (χ2n) is 5.67. The molecule has 0 fully saturated rings. The van der Waals surface area contributed by atoms with Gasteiger partial charge in [-0.3, -0.25) is 0 Å². The average Bonchev–Trinajstić information content (AvgIpc) is 2.90. The second kappa shape index (κ2) is 7.51. The minimum Gasteiger partial charge on any atom is -0.316 e. The van der Waals surface area contributed by atoms with Gasteiger partial charge in [0.1, 0.15) is 12.2 Å². The fourth-order valence-electron chi connectivity index (χ4n) is 2.17. The quantitative estimate of drug-likeness (QED) is 0.801. The van der Waals surface area contributed by atoms with Crippen LogP contribution in [0.2, 0.25) is 0 Å². The number of aromatic nitrogens is 3. The van der Waals surface area contributed by atoms with Crippen molar-refractivity contribution >= 4 is 10.0 Å². The van der Waals surface area contributed by atoms with E-state index in [1.807, 2.05) is 36.6 Å². The highest BCUT2D eigenvalue weighted by Crippen LogP contribution is 2.04. The SMILES string of the molecule is CC(C)CS(=O)(=O)NCc1nncn1CCc1ccccc1. The standard InChI is InChI=1S/C15H22N4O2S/c1-13(2)11-22(20,21)17-10-15-18-16-12-19(15)9-8-14-6-4-3-5-7-14/h3-7,12-13,17H,8-11H2,1-2H3. The molecule has 1 aromatic carbocycles. The normalized spacial score (nSPS) is 12.0. The number of benzene rings is 1. The molecule has 0 aliphatic rings. The van der Waals surface area contributed by atoms with E-state index in [-0.39, 0.29) is 18.2 Å². The van der Waals surface area contributed by atoms with Crippen LogP contribution in [0.4, 0.5) is 0 Å². The molecule has 120 valence electrons. The Bertz CT molecular complexity index is 681. The zero-order valence-corrected chi connectivity index (χ0v) is 13.8. The van der Waals surface area contributed by atoms with Crippen LogP contribution >= 0.6 is 0 Å². The Balaban J connectivity index is 1.92. The van der Waals surface area contributed by atoms with Crippen molar-refractivity contribution in [3.63, 3.8) is 0 Å². The molecule has 0 radical (unpaired) electrons. The van der Waals surface area contributed by atoms with Gasteiger partial charge in [0.25, 0.3) is 0 Å². The fourth-order valence-corrected chi connectivity index (χ4v) is 3.51. The lowest BCUT2D eigenvalue weighted by atomic mass is 10.1. The second-order valence-corrected chi connectivity index (χ2v) is 7.52. The summed E-state index contributed by atoms with van der Waals surface area (Å²) in [5.41, 5.74) is 1.22. The van der Waals surface area contributed by atoms with Gasteiger partial charge in [-0.1, -0.05) is 44.2 Å². The maximum absolute atomic E-state index is 11.9. The minimum atomic E-state index is -3.27. The molecule has 0 spiro atoms. The molecule has 22 heavy (non-hydrogen) atoms. The Labute approximate surface area is 131 Å². The van der Waals surface area contributed by atoms with Crippen LogP contribution in [0, 0.1) is 5.92 Å². The molecule has 0 aliphatic carbocycles. The summed E-state index contributed by atoms with van der Waals surface area (Å²) in [6, 6.07) is 10.1. The molecule has 7 heteroatoms. The van der Waals surface area contributed by atoms with Gasteiger partial charge in [0.2, 0.25) is 10.0 Å². The smallest absolute Gasteiger partial charge is 0.212 e. The van der Waals surface area contributed by atoms with Gasteiger partial charge in [0.05, 0.1) is 12.3 Å². The number of nitrogens with one attached hydrogen (secondary N) is 1. The van der Waals surface area contributed by atoms with Crippen molar-refractivity contribution in [3.05, 3.63) is 48.0 Å². The van der Waals surface area contributed by atoms with E-state index >= 15 is 0 Å². The minimum absolute atomic E-state index is 0.0912. The molecule has 2 rings (SSSR count). The molecule has 0 atom stereocenters. The van der Waals surface area contributed by atoms with Crippen molar-refractivity contribution < 1.29 is 8.42 Å². The Morgan fingerprint density at radius 3 is 2.64 bits per heavy atom. The summed E-state index contributed by atoms with van der Waals surface area (Å²) in [6.07, 6.45) is 2.49. The van der Waals surface area contributed by atoms with Gasteiger partial charge < -0.3 is 4.57 Å². The molecule has 1 N–H and O–H groups in total. The third-order valence-corrected chi connectivity index (χ3v) is 4.87. The first-order valence-corrected chi connectivity index (χ1v) is 8.99. The molecule has 2 aromatic rings. The van der Waals surface area contributed by atoms with Crippen molar-refractivity contribution in [2.45, 2.75) is 33.4 Å². The lowest BCUT2D eigenvalue weighted by Gasteiger charge is -2.10. The molecule has 0 unspecified atom stereocenters. The number of nitrogens with zero attached hydrogens (tertiary/aromatic N) is 3. The maximum atomic E-state index is 11.9. The Morgan fingerprint density at radius 1 is 1.23 bits per heavy atom. The predicted octanol–water partition coefficient (Wildman–Crippen LogP) is 1.60. The summed E-state index contributed by atoms with van der Waals surface area (Å²) >= 11 is 0. The van der Waals surface area contributed by atoms with E-state index in [1.165, 1.54) is 5.56 Å². The Morgan fingerprint density at radius 2 is 1.95 bits per heavy atom. The van der Waals surface area contributed by atoms with Crippen LogP contribution in [0.3, 0.4) is 0 Å². The van der Waals surface area contributed by atoms with Crippen LogP contribution in [-0.2, 0) is 29.5 Å². The molecular weight excluding hydrogens is 300 g/mol. The number of sulfonamides is 1. The van der Waals surface area contributed by atoms with Crippen molar-refractivity contribution in [3.8, 4) is 0 Å². The predicted molar refractivity (Wildman–Crippen MR) is 85.6 cm³/mol. The first kappa shape index (κ1) is 16.6. The molecule has 1 heterocycles. The van der Waals surface area contributed by atoms with Crippen LogP contribution in [0.5, 0.6) is 0 Å². The lowest BCUT2D eigenvalue weighted by Crippen LogP contribution is -2.29. The highest BCUT2D eigenvalue weighted by molar-refractivity contribution is 7.89. The summed E-state index contributed by atoms with van der Waals surface area (Å²) in [7, 11) is -3.27. The zero-order valence-electron chi connectivity index (χ0n) is 12.9. The highest BCUT2D eigenvalue weighted by Gasteiger charge is 2.14. The summed E-state index contributed by atoms with van der Waals surface area (Å²) in [4.78, 5) is 0. The van der Waals surface area contributed by atoms with E-state index in [0.29, 0.717) is 5.82 Å². The average molecular weight is 322 g/mol. The maximum Gasteiger partial charge on any atom is 0.212 e. The summed E-state index contributed by atoms with van der Waals surface area (Å²) < 4.78 is 28.2. The Hall–Kier alpha value is -1.73. The van der Waals surface area contributed by atoms with Crippen LogP contribution in [0.15, 0.2) is 36.7 Å². The third-order valence-electron chi connectivity index (χ3n) is 3.18. The van der Waals surface area contributed by atoms with Gasteiger partial charge in [0.15, 0.2) is 0 Å². The Kier molecular flexibility index (Phi) is 5.68. The summed E-state index contributed by atoms with van der Waals surface area (Å²) in [5.74, 6) is 0.835. The van der Waals surface area contributed by atoms with Crippen molar-refractivity contribution in [1.29, 1.82) is 0 Å². The zero-order chi connectivity index (χ0) is 16.0. The van der Waals surface area contributed by atoms with E-state index in [0.717, 1.165) is 13.0 Å². The third kappa shape index (κ3) is 5.23. The van der Waals surface area contributed by atoms with Gasteiger partial charge in [0, 0.05) is 6.54 Å². The molecule has 0 aliphatic heterocycles. The molecular formula is C15H22N4O2S. The van der Waals surface area contributed by atoms with Crippen LogP contribution in [0.1, 0.15) is 25.2 Å². The molecule has 0 saturated carbocycles. The molecule has 0 amide bonds. The van der Waals surface area contributed by atoms with Crippen LogP contribution < -0.4 is 4.72 Å². The largest absolute Gasteiger partial charge is 0.316 e. The van der Waals surface area contributed by atoms with E-state index in [1.54, 1.807) is 6.33 Å². The van der Waals surface area contributed by atoms with Gasteiger partial charge in [-0.2, -0.15) is 0 Å². The lowest BCUT2D eigenvalue weighted by molar-refractivity contribution is 0.561. The number of hydrogen-bond donors (Lipinski definition) is 1. The van der Waals surface area contributed by atoms with E-state index < -0.39 is 10.0 Å². The molecule has 0 saturated heterocycles. The van der Waals surface area contributed by atoms with Crippen LogP contribution in [-0.4, -0.2) is 28.9 Å². The van der Waals surface area contributed by atoms with Crippen molar-refractivity contribution in [2.75, 3.05) is 5.75 Å². The number of hydrogen-bond acceptors (Lipinski definition) is 4. The van der Waals surface area contributed by atoms with E-state index in [2.05, 4.69) is 27.1 Å². The number of aryl methyl sites for hydroxylation is 2. The highest BCUT2D eigenvalue weighted by atomic mass is 32.2. The summed E-state index contributed by atoms with van der Waals surface area (Å²) in [5, 5.41) is 7.87. The number of rotatable bonds is 8. The van der Waals surface area contributed by atoms with Gasteiger partial charge in [-0.25, -0.2) is 13.1 Å².